The van der Waals surface area contributed by atoms with Gasteiger partial charge in [0.1, 0.15) is 11.4 Å². The molecule has 30 heavy (non-hydrogen) atoms. The van der Waals surface area contributed by atoms with Crippen LogP contribution in [0.5, 0.6) is 5.75 Å². The molecule has 0 bridgehead atoms. The van der Waals surface area contributed by atoms with E-state index in [1.54, 1.807) is 35.2 Å². The highest BCUT2D eigenvalue weighted by atomic mass is 35.5. The van der Waals surface area contributed by atoms with Crippen molar-refractivity contribution in [3.05, 3.63) is 58.2 Å². The predicted octanol–water partition coefficient (Wildman–Crippen LogP) is 3.63. The third-order valence-electron chi connectivity index (χ3n) is 5.13. The predicted molar refractivity (Wildman–Crippen MR) is 116 cm³/mol. The summed E-state index contributed by atoms with van der Waals surface area (Å²) in [5, 5.41) is 1.51. The number of H-pyrrole nitrogens is 1. The Morgan fingerprint density at radius 2 is 1.70 bits per heavy atom. The van der Waals surface area contributed by atoms with Gasteiger partial charge in [-0.2, -0.15) is 4.31 Å². The largest absolute Gasteiger partial charge is 0.497 e. The Kier molecular flexibility index (Phi) is 5.67. The average Bonchev–Trinajstić information content (AvgIpc) is 3.09. The summed E-state index contributed by atoms with van der Waals surface area (Å²) in [6.07, 6.45) is 0. The molecule has 1 aromatic heterocycles. The molecule has 2 heterocycles. The smallest absolute Gasteiger partial charge is 0.271 e. The van der Waals surface area contributed by atoms with E-state index >= 15 is 0 Å². The number of carbonyl (C=O) groups excluding carboxylic acids is 1. The van der Waals surface area contributed by atoms with E-state index < -0.39 is 10.0 Å². The lowest BCUT2D eigenvalue weighted by Gasteiger charge is -2.33. The molecule has 7 nitrogen and oxygen atoms in total. The number of fused-ring (bicyclic) bond motifs is 1. The van der Waals surface area contributed by atoms with Crippen molar-refractivity contribution in [2.75, 3.05) is 33.3 Å². The molecule has 1 N–H and O–H groups in total. The van der Waals surface area contributed by atoms with Crippen LogP contribution in [0.25, 0.3) is 10.9 Å². The van der Waals surface area contributed by atoms with Crippen molar-refractivity contribution in [2.45, 2.75) is 4.90 Å². The maximum absolute atomic E-state index is 13.0. The number of aromatic amines is 1. The Labute approximate surface area is 184 Å². The van der Waals surface area contributed by atoms with Gasteiger partial charge in [-0.15, -0.1) is 0 Å². The number of nitrogens with one attached hydrogen (secondary N) is 1. The van der Waals surface area contributed by atoms with E-state index in [-0.39, 0.29) is 42.7 Å². The van der Waals surface area contributed by atoms with Crippen molar-refractivity contribution in [2.24, 2.45) is 0 Å². The molecule has 2 aromatic carbocycles. The lowest BCUT2D eigenvalue weighted by atomic mass is 10.2. The highest BCUT2D eigenvalue weighted by Gasteiger charge is 2.31. The van der Waals surface area contributed by atoms with Crippen molar-refractivity contribution < 1.29 is 17.9 Å². The zero-order valence-electron chi connectivity index (χ0n) is 16.1. The molecular formula is C20H19Cl2N3O4S. The molecule has 3 aromatic rings. The Bertz CT molecular complexity index is 1200. The third kappa shape index (κ3) is 3.76. The fourth-order valence-electron chi connectivity index (χ4n) is 3.47. The zero-order chi connectivity index (χ0) is 21.5. The lowest BCUT2D eigenvalue weighted by molar-refractivity contribution is 0.0693. The number of nitrogens with zero attached hydrogens (tertiary/aromatic N) is 2. The second kappa shape index (κ2) is 8.11. The topological polar surface area (TPSA) is 82.7 Å². The van der Waals surface area contributed by atoms with Crippen molar-refractivity contribution in [3.8, 4) is 5.75 Å². The third-order valence-corrected chi connectivity index (χ3v) is 7.67. The second-order valence-electron chi connectivity index (χ2n) is 6.88. The van der Waals surface area contributed by atoms with Gasteiger partial charge in [-0.3, -0.25) is 4.79 Å². The van der Waals surface area contributed by atoms with Crippen LogP contribution in [-0.4, -0.2) is 61.8 Å². The van der Waals surface area contributed by atoms with E-state index in [0.29, 0.717) is 26.7 Å². The van der Waals surface area contributed by atoms with Crippen LogP contribution in [0, 0.1) is 0 Å². The van der Waals surface area contributed by atoms with Gasteiger partial charge < -0.3 is 14.6 Å². The number of halogens is 2. The van der Waals surface area contributed by atoms with E-state index in [0.717, 1.165) is 0 Å². The van der Waals surface area contributed by atoms with E-state index in [2.05, 4.69) is 4.98 Å². The fraction of sp³-hybridized carbons (Fsp3) is 0.250. The Morgan fingerprint density at radius 3 is 2.33 bits per heavy atom. The molecule has 0 aliphatic carbocycles. The number of sulfonamides is 1. The van der Waals surface area contributed by atoms with Crippen molar-refractivity contribution >= 4 is 50.0 Å². The van der Waals surface area contributed by atoms with Crippen LogP contribution in [0.1, 0.15) is 10.5 Å². The quantitative estimate of drug-likeness (QED) is 0.634. The van der Waals surface area contributed by atoms with Gasteiger partial charge in [0.2, 0.25) is 10.0 Å². The number of benzene rings is 2. The summed E-state index contributed by atoms with van der Waals surface area (Å²) in [7, 11) is -2.12. The van der Waals surface area contributed by atoms with E-state index in [9.17, 15) is 13.2 Å². The minimum atomic E-state index is -3.64. The first kappa shape index (κ1) is 21.0. The molecule has 1 saturated heterocycles. The Balaban J connectivity index is 1.49. The molecule has 1 amide bonds. The fourth-order valence-corrected chi connectivity index (χ4v) is 5.34. The summed E-state index contributed by atoms with van der Waals surface area (Å²) in [6.45, 7) is 0.925. The van der Waals surface area contributed by atoms with E-state index in [1.165, 1.54) is 23.5 Å². The number of piperazine rings is 1. The van der Waals surface area contributed by atoms with Crippen LogP contribution in [-0.2, 0) is 10.0 Å². The van der Waals surface area contributed by atoms with Gasteiger partial charge in [0.05, 0.1) is 17.0 Å². The molecule has 1 aliphatic rings. The summed E-state index contributed by atoms with van der Waals surface area (Å²) in [5.74, 6) is 0.315. The number of carbonyl (C=O) groups is 1. The summed E-state index contributed by atoms with van der Waals surface area (Å²) in [5.41, 5.74) is 0.994. The van der Waals surface area contributed by atoms with Crippen molar-refractivity contribution in [1.29, 1.82) is 0 Å². The number of hydrogen-bond donors (Lipinski definition) is 1. The van der Waals surface area contributed by atoms with Crippen LogP contribution in [0.15, 0.2) is 47.4 Å². The SMILES string of the molecule is COc1ccc(S(=O)(=O)N2CCN(C(=O)c3[nH]c4ccc(Cl)cc4c3Cl)CC2)cc1. The van der Waals surface area contributed by atoms with Gasteiger partial charge in [0.25, 0.3) is 5.91 Å². The summed E-state index contributed by atoms with van der Waals surface area (Å²) < 4.78 is 32.2. The van der Waals surface area contributed by atoms with Crippen molar-refractivity contribution in [3.63, 3.8) is 0 Å². The molecule has 158 valence electrons. The number of hydrogen-bond acceptors (Lipinski definition) is 4. The minimum absolute atomic E-state index is 0.193. The molecule has 4 rings (SSSR count). The molecular weight excluding hydrogens is 449 g/mol. The average molecular weight is 468 g/mol. The standard InChI is InChI=1S/C20H19Cl2N3O4S/c1-29-14-3-5-15(6-4-14)30(27,28)25-10-8-24(9-11-25)20(26)19-18(22)16-12-13(21)2-7-17(16)23-19/h2-7,12,23H,8-11H2,1H3. The van der Waals surface area contributed by atoms with E-state index in [4.69, 9.17) is 27.9 Å². The van der Waals surface area contributed by atoms with E-state index in [1.807, 2.05) is 0 Å². The van der Waals surface area contributed by atoms with Crippen LogP contribution in [0.2, 0.25) is 10.0 Å². The minimum Gasteiger partial charge on any atom is -0.497 e. The molecule has 1 aliphatic heterocycles. The second-order valence-corrected chi connectivity index (χ2v) is 9.63. The Morgan fingerprint density at radius 1 is 1.03 bits per heavy atom. The number of rotatable bonds is 4. The van der Waals surface area contributed by atoms with Crippen molar-refractivity contribution in [1.82, 2.24) is 14.2 Å². The first-order valence-corrected chi connectivity index (χ1v) is 11.4. The Hall–Kier alpha value is -2.26. The molecule has 0 spiro atoms. The van der Waals surface area contributed by atoms with Gasteiger partial charge in [0, 0.05) is 42.1 Å². The lowest BCUT2D eigenvalue weighted by Crippen LogP contribution is -2.50. The molecule has 0 unspecified atom stereocenters. The highest BCUT2D eigenvalue weighted by Crippen LogP contribution is 2.31. The summed E-state index contributed by atoms with van der Waals surface area (Å²) in [6, 6.07) is 11.4. The summed E-state index contributed by atoms with van der Waals surface area (Å²) in [4.78, 5) is 17.8. The molecule has 0 atom stereocenters. The highest BCUT2D eigenvalue weighted by molar-refractivity contribution is 7.89. The zero-order valence-corrected chi connectivity index (χ0v) is 18.4. The number of aromatic nitrogens is 1. The maximum Gasteiger partial charge on any atom is 0.271 e. The monoisotopic (exact) mass is 467 g/mol. The van der Waals surface area contributed by atoms with Gasteiger partial charge in [0.15, 0.2) is 0 Å². The van der Waals surface area contributed by atoms with Gasteiger partial charge in [-0.1, -0.05) is 23.2 Å². The van der Waals surface area contributed by atoms with Crippen LogP contribution in [0.3, 0.4) is 0 Å². The first-order chi connectivity index (χ1) is 14.3. The van der Waals surface area contributed by atoms with Crippen LogP contribution in [0.4, 0.5) is 0 Å². The maximum atomic E-state index is 13.0. The molecule has 1 fully saturated rings. The molecule has 10 heteroatoms. The number of amides is 1. The number of ether oxygens (including phenoxy) is 1. The van der Waals surface area contributed by atoms with Crippen LogP contribution < -0.4 is 4.74 Å². The number of methoxy groups -OCH3 is 1. The molecule has 0 saturated carbocycles. The molecule has 0 radical (unpaired) electrons. The van der Waals surface area contributed by atoms with Crippen LogP contribution >= 0.6 is 23.2 Å². The van der Waals surface area contributed by atoms with Gasteiger partial charge >= 0.3 is 0 Å². The van der Waals surface area contributed by atoms with Gasteiger partial charge in [-0.25, -0.2) is 8.42 Å². The normalized spacial score (nSPS) is 15.5. The first-order valence-electron chi connectivity index (χ1n) is 9.21. The van der Waals surface area contributed by atoms with Gasteiger partial charge in [-0.05, 0) is 42.5 Å². The summed E-state index contributed by atoms with van der Waals surface area (Å²) >= 11 is 12.4.